The van der Waals surface area contributed by atoms with E-state index in [4.69, 9.17) is 29.0 Å². The van der Waals surface area contributed by atoms with Gasteiger partial charge in [0, 0.05) is 9.13 Å². The summed E-state index contributed by atoms with van der Waals surface area (Å²) in [6.07, 6.45) is 0. The molecule has 0 aliphatic rings. The average Bonchev–Trinajstić information content (AvgIpc) is 2.48. The van der Waals surface area contributed by atoms with Crippen molar-refractivity contribution in [3.05, 3.63) is 66.7 Å². The molecule has 0 radical (unpaired) electrons. The van der Waals surface area contributed by atoms with E-state index in [2.05, 4.69) is 22.6 Å². The van der Waals surface area contributed by atoms with Gasteiger partial charge in [-0.2, -0.15) is 0 Å². The summed E-state index contributed by atoms with van der Waals surface area (Å²) in [5.41, 5.74) is 1.35. The van der Waals surface area contributed by atoms with Crippen molar-refractivity contribution >= 4 is 57.6 Å². The summed E-state index contributed by atoms with van der Waals surface area (Å²) in [6.45, 7) is 1.92. The van der Waals surface area contributed by atoms with E-state index in [1.54, 1.807) is 24.3 Å². The number of aryl methyl sites for hydroxylation is 1. The van der Waals surface area contributed by atoms with Crippen LogP contribution in [0, 0.1) is 10.5 Å². The molecule has 0 atom stereocenters. The molecule has 4 nitrogen and oxygen atoms in total. The van der Waals surface area contributed by atoms with Gasteiger partial charge in [0.15, 0.2) is 0 Å². The first-order valence-corrected chi connectivity index (χ1v) is 8.00. The van der Waals surface area contributed by atoms with Gasteiger partial charge in [-0.05, 0) is 59.3 Å². The number of benzene rings is 2. The van der Waals surface area contributed by atoms with Gasteiger partial charge in [0.25, 0.3) is 11.8 Å². The van der Waals surface area contributed by atoms with Gasteiger partial charge in [-0.25, -0.2) is 10.9 Å². The number of carbonyl (C=O) groups excluding carboxylic acids is 2. The molecule has 0 aromatic heterocycles. The number of carbonyl (C=O) groups is 2. The van der Waals surface area contributed by atoms with Gasteiger partial charge in [-0.1, -0.05) is 35.3 Å². The van der Waals surface area contributed by atoms with E-state index in [1.807, 2.05) is 6.92 Å². The lowest BCUT2D eigenvalue weighted by atomic mass is 10.1. The van der Waals surface area contributed by atoms with Gasteiger partial charge < -0.3 is 0 Å². The summed E-state index contributed by atoms with van der Waals surface area (Å²) < 4.78 is 0.903. The highest BCUT2D eigenvalue weighted by Gasteiger charge is 2.25. The van der Waals surface area contributed by atoms with E-state index < -0.39 is 11.8 Å². The fraction of sp³-hybridized carbons (Fsp3) is 0.0667. The number of halogens is 3. The van der Waals surface area contributed by atoms with Gasteiger partial charge >= 0.3 is 0 Å². The summed E-state index contributed by atoms with van der Waals surface area (Å²) in [7, 11) is 0. The Morgan fingerprint density at radius 2 is 1.68 bits per heavy atom. The third kappa shape index (κ3) is 3.43. The minimum Gasteiger partial charge on any atom is -0.267 e. The Labute approximate surface area is 151 Å². The largest absolute Gasteiger partial charge is 0.278 e. The molecule has 2 amide bonds. The predicted molar refractivity (Wildman–Crippen MR) is 95.0 cm³/mol. The lowest BCUT2D eigenvalue weighted by molar-refractivity contribution is 0.0615. The maximum atomic E-state index is 12.4. The van der Waals surface area contributed by atoms with Crippen molar-refractivity contribution in [2.24, 2.45) is 5.84 Å². The molecule has 2 N–H and O–H groups in total. The molecular formula is C15H11Cl2IN2O2. The van der Waals surface area contributed by atoms with Crippen molar-refractivity contribution in [3.8, 4) is 0 Å². The van der Waals surface area contributed by atoms with E-state index in [1.165, 1.54) is 12.1 Å². The quantitative estimate of drug-likeness (QED) is 0.248. The van der Waals surface area contributed by atoms with Crippen LogP contribution in [0.5, 0.6) is 0 Å². The van der Waals surface area contributed by atoms with Crippen LogP contribution in [0.3, 0.4) is 0 Å². The highest BCUT2D eigenvalue weighted by molar-refractivity contribution is 14.1. The monoisotopic (exact) mass is 448 g/mol. The summed E-state index contributed by atoms with van der Waals surface area (Å²) in [5, 5.41) is 0.798. The smallest absolute Gasteiger partial charge is 0.267 e. The first-order valence-electron chi connectivity index (χ1n) is 6.16. The molecule has 2 aromatic carbocycles. The van der Waals surface area contributed by atoms with Crippen LogP contribution in [0.15, 0.2) is 36.4 Å². The zero-order valence-corrected chi connectivity index (χ0v) is 15.1. The molecule has 0 spiro atoms. The highest BCUT2D eigenvalue weighted by Crippen LogP contribution is 2.25. The molecule has 0 fully saturated rings. The first-order chi connectivity index (χ1) is 10.3. The molecule has 0 saturated heterocycles. The van der Waals surface area contributed by atoms with E-state index in [0.29, 0.717) is 10.6 Å². The highest BCUT2D eigenvalue weighted by atomic mass is 127. The number of amides is 2. The van der Waals surface area contributed by atoms with E-state index in [9.17, 15) is 9.59 Å². The molecule has 0 heterocycles. The van der Waals surface area contributed by atoms with Gasteiger partial charge in [0.1, 0.15) is 0 Å². The Kier molecular flexibility index (Phi) is 5.44. The summed E-state index contributed by atoms with van der Waals surface area (Å²) in [5.74, 6) is 4.29. The van der Waals surface area contributed by atoms with Gasteiger partial charge in [0.05, 0.1) is 15.6 Å². The van der Waals surface area contributed by atoms with Crippen LogP contribution in [0.25, 0.3) is 0 Å². The third-order valence-corrected chi connectivity index (χ3v) is 4.83. The second kappa shape index (κ2) is 6.95. The van der Waals surface area contributed by atoms with Gasteiger partial charge in [-0.15, -0.1) is 0 Å². The molecule has 0 aliphatic carbocycles. The van der Waals surface area contributed by atoms with Crippen LogP contribution in [0.2, 0.25) is 10.0 Å². The minimum absolute atomic E-state index is 0.00323. The number of hydrogen-bond donors (Lipinski definition) is 1. The number of nitrogens with two attached hydrogens (primary N) is 1. The van der Waals surface area contributed by atoms with Crippen molar-refractivity contribution in [1.29, 1.82) is 0 Å². The molecule has 0 bridgehead atoms. The molecule has 0 saturated carbocycles. The van der Waals surface area contributed by atoms with Crippen molar-refractivity contribution in [1.82, 2.24) is 5.01 Å². The maximum absolute atomic E-state index is 12.4. The molecule has 7 heteroatoms. The Balaban J connectivity index is 2.34. The number of hydrogen-bond acceptors (Lipinski definition) is 3. The first kappa shape index (κ1) is 17.2. The fourth-order valence-electron chi connectivity index (χ4n) is 1.78. The molecule has 0 aliphatic heterocycles. The molecule has 114 valence electrons. The Morgan fingerprint density at radius 3 is 2.23 bits per heavy atom. The van der Waals surface area contributed by atoms with E-state index >= 15 is 0 Å². The lowest BCUT2D eigenvalue weighted by Crippen LogP contribution is -2.42. The number of imide groups is 1. The van der Waals surface area contributed by atoms with Crippen LogP contribution in [0.1, 0.15) is 26.3 Å². The Hall–Kier alpha value is -1.15. The molecule has 2 rings (SSSR count). The van der Waals surface area contributed by atoms with E-state index in [-0.39, 0.29) is 15.6 Å². The summed E-state index contributed by atoms with van der Waals surface area (Å²) in [4.78, 5) is 24.7. The van der Waals surface area contributed by atoms with Crippen LogP contribution in [-0.4, -0.2) is 16.8 Å². The van der Waals surface area contributed by atoms with Gasteiger partial charge in [0.2, 0.25) is 0 Å². The topological polar surface area (TPSA) is 63.4 Å². The second-order valence-electron chi connectivity index (χ2n) is 4.54. The lowest BCUT2D eigenvalue weighted by Gasteiger charge is -2.16. The van der Waals surface area contributed by atoms with Crippen molar-refractivity contribution in [2.75, 3.05) is 0 Å². The molecule has 22 heavy (non-hydrogen) atoms. The molecule has 0 unspecified atom stereocenters. The maximum Gasteiger partial charge on any atom is 0.278 e. The fourth-order valence-corrected chi connectivity index (χ4v) is 2.85. The number of nitrogens with zero attached hydrogens (tertiary/aromatic N) is 1. The summed E-state index contributed by atoms with van der Waals surface area (Å²) >= 11 is 14.0. The van der Waals surface area contributed by atoms with Crippen molar-refractivity contribution in [3.63, 3.8) is 0 Å². The van der Waals surface area contributed by atoms with Crippen LogP contribution >= 0.6 is 45.8 Å². The standard InChI is InChI=1S/C15H11Cl2IN2O2/c1-8-5-6-9(7-12(8)18)14(21)20(19)15(22)13-10(16)3-2-4-11(13)17/h2-7H,19H2,1H3. The minimum atomic E-state index is -0.754. The predicted octanol–water partition coefficient (Wildman–Crippen LogP) is 4.06. The number of rotatable bonds is 2. The van der Waals surface area contributed by atoms with Crippen LogP contribution in [-0.2, 0) is 0 Å². The molecular weight excluding hydrogens is 438 g/mol. The van der Waals surface area contributed by atoms with Crippen LogP contribution < -0.4 is 5.84 Å². The SMILES string of the molecule is Cc1ccc(C(=O)N(N)C(=O)c2c(Cl)cccc2Cl)cc1I. The molecule has 2 aromatic rings. The number of hydrazine groups is 1. The Bertz CT molecular complexity index is 745. The zero-order valence-electron chi connectivity index (χ0n) is 11.4. The van der Waals surface area contributed by atoms with Gasteiger partial charge in [-0.3, -0.25) is 9.59 Å². The normalized spacial score (nSPS) is 10.4. The second-order valence-corrected chi connectivity index (χ2v) is 6.52. The average molecular weight is 449 g/mol. The van der Waals surface area contributed by atoms with Crippen molar-refractivity contribution < 1.29 is 9.59 Å². The van der Waals surface area contributed by atoms with Crippen molar-refractivity contribution in [2.45, 2.75) is 6.92 Å². The van der Waals surface area contributed by atoms with E-state index in [0.717, 1.165) is 9.13 Å². The van der Waals surface area contributed by atoms with Crippen LogP contribution in [0.4, 0.5) is 0 Å². The Morgan fingerprint density at radius 1 is 1.09 bits per heavy atom. The third-order valence-electron chi connectivity index (χ3n) is 3.03. The summed E-state index contributed by atoms with van der Waals surface area (Å²) in [6, 6.07) is 9.69. The zero-order chi connectivity index (χ0) is 16.4.